The van der Waals surface area contributed by atoms with Crippen LogP contribution in [0.1, 0.15) is 31.9 Å². The van der Waals surface area contributed by atoms with Gasteiger partial charge in [0, 0.05) is 30.4 Å². The van der Waals surface area contributed by atoms with E-state index in [0.717, 1.165) is 24.7 Å². The highest BCUT2D eigenvalue weighted by Gasteiger charge is 2.19. The molecule has 0 amide bonds. The highest BCUT2D eigenvalue weighted by molar-refractivity contribution is 5.54. The lowest BCUT2D eigenvalue weighted by molar-refractivity contribution is 0.195. The summed E-state index contributed by atoms with van der Waals surface area (Å²) in [6.07, 6.45) is 0.588. The first kappa shape index (κ1) is 11.3. The fraction of sp³-hybridized carbons (Fsp3) is 0.538. The fourth-order valence-electron chi connectivity index (χ4n) is 2.25. The van der Waals surface area contributed by atoms with Gasteiger partial charge < -0.3 is 15.1 Å². The standard InChI is InChI=1S/C13H19NO2/c1-9-5-6-14(8-9)11-3-4-12(10(2)15)13(16)7-11/h3-4,7,9-10,15-16H,5-6,8H2,1-2H3. The van der Waals surface area contributed by atoms with Gasteiger partial charge in [-0.15, -0.1) is 0 Å². The van der Waals surface area contributed by atoms with Crippen molar-refractivity contribution in [3.05, 3.63) is 23.8 Å². The molecule has 1 aromatic carbocycles. The van der Waals surface area contributed by atoms with Crippen molar-refractivity contribution in [3.63, 3.8) is 0 Å². The molecule has 1 aromatic rings. The summed E-state index contributed by atoms with van der Waals surface area (Å²) in [5.74, 6) is 0.908. The SMILES string of the molecule is CC1CCN(c2ccc(C(C)O)c(O)c2)C1. The molecule has 3 heteroatoms. The van der Waals surface area contributed by atoms with Crippen LogP contribution in [0, 0.1) is 5.92 Å². The minimum atomic E-state index is -0.619. The third kappa shape index (κ3) is 2.14. The van der Waals surface area contributed by atoms with Crippen LogP contribution >= 0.6 is 0 Å². The van der Waals surface area contributed by atoms with Crippen LogP contribution in [0.2, 0.25) is 0 Å². The maximum Gasteiger partial charge on any atom is 0.123 e. The van der Waals surface area contributed by atoms with Gasteiger partial charge >= 0.3 is 0 Å². The number of nitrogens with zero attached hydrogens (tertiary/aromatic N) is 1. The molecule has 0 aromatic heterocycles. The Morgan fingerprint density at radius 2 is 2.19 bits per heavy atom. The van der Waals surface area contributed by atoms with Crippen LogP contribution in [0.25, 0.3) is 0 Å². The topological polar surface area (TPSA) is 43.7 Å². The van der Waals surface area contributed by atoms with Crippen LogP contribution in [0.3, 0.4) is 0 Å². The number of aliphatic hydroxyl groups is 1. The second-order valence-corrected chi connectivity index (χ2v) is 4.76. The maximum absolute atomic E-state index is 9.80. The van der Waals surface area contributed by atoms with E-state index in [1.807, 2.05) is 6.07 Å². The highest BCUT2D eigenvalue weighted by atomic mass is 16.3. The molecule has 1 heterocycles. The molecule has 1 saturated heterocycles. The lowest BCUT2D eigenvalue weighted by Gasteiger charge is -2.19. The van der Waals surface area contributed by atoms with E-state index in [9.17, 15) is 10.2 Å². The van der Waals surface area contributed by atoms with Gasteiger partial charge in [0.1, 0.15) is 5.75 Å². The molecule has 2 unspecified atom stereocenters. The molecule has 16 heavy (non-hydrogen) atoms. The van der Waals surface area contributed by atoms with Gasteiger partial charge in [-0.25, -0.2) is 0 Å². The second kappa shape index (κ2) is 4.34. The van der Waals surface area contributed by atoms with Crippen molar-refractivity contribution in [1.29, 1.82) is 0 Å². The Balaban J connectivity index is 2.21. The van der Waals surface area contributed by atoms with E-state index >= 15 is 0 Å². The largest absolute Gasteiger partial charge is 0.507 e. The van der Waals surface area contributed by atoms with E-state index in [0.29, 0.717) is 5.56 Å². The molecular formula is C13H19NO2. The van der Waals surface area contributed by atoms with Gasteiger partial charge in [0.15, 0.2) is 0 Å². The zero-order chi connectivity index (χ0) is 11.7. The normalized spacial score (nSPS) is 22.4. The Morgan fingerprint density at radius 3 is 2.69 bits per heavy atom. The Morgan fingerprint density at radius 1 is 1.44 bits per heavy atom. The number of hydrogen-bond donors (Lipinski definition) is 2. The van der Waals surface area contributed by atoms with Crippen molar-refractivity contribution in [2.45, 2.75) is 26.4 Å². The van der Waals surface area contributed by atoms with Gasteiger partial charge in [-0.3, -0.25) is 0 Å². The Kier molecular flexibility index (Phi) is 3.06. The summed E-state index contributed by atoms with van der Waals surface area (Å²) in [6, 6.07) is 5.53. The Hall–Kier alpha value is -1.22. The molecule has 1 fully saturated rings. The molecule has 0 saturated carbocycles. The van der Waals surface area contributed by atoms with Crippen LogP contribution in [0.15, 0.2) is 18.2 Å². The summed E-state index contributed by atoms with van der Waals surface area (Å²) in [5.41, 5.74) is 1.64. The van der Waals surface area contributed by atoms with E-state index in [-0.39, 0.29) is 5.75 Å². The molecule has 2 N–H and O–H groups in total. The zero-order valence-electron chi connectivity index (χ0n) is 9.85. The molecule has 88 valence electrons. The van der Waals surface area contributed by atoms with Crippen LogP contribution in [-0.4, -0.2) is 23.3 Å². The number of aliphatic hydroxyl groups excluding tert-OH is 1. The molecule has 0 radical (unpaired) electrons. The number of phenols is 1. The van der Waals surface area contributed by atoms with Crippen molar-refractivity contribution in [2.24, 2.45) is 5.92 Å². The van der Waals surface area contributed by atoms with Crippen molar-refractivity contribution in [2.75, 3.05) is 18.0 Å². The molecule has 0 aliphatic carbocycles. The highest BCUT2D eigenvalue weighted by Crippen LogP contribution is 2.31. The summed E-state index contributed by atoms with van der Waals surface area (Å²) >= 11 is 0. The van der Waals surface area contributed by atoms with Crippen molar-refractivity contribution < 1.29 is 10.2 Å². The maximum atomic E-state index is 9.80. The first-order chi connectivity index (χ1) is 7.58. The average Bonchev–Trinajstić information content (AvgIpc) is 2.64. The molecule has 1 aliphatic heterocycles. The summed E-state index contributed by atoms with van der Waals surface area (Å²) in [7, 11) is 0. The number of benzene rings is 1. The smallest absolute Gasteiger partial charge is 0.123 e. The molecule has 1 aliphatic rings. The fourth-order valence-corrected chi connectivity index (χ4v) is 2.25. The van der Waals surface area contributed by atoms with E-state index in [1.165, 1.54) is 6.42 Å². The average molecular weight is 221 g/mol. The van der Waals surface area contributed by atoms with E-state index in [4.69, 9.17) is 0 Å². The second-order valence-electron chi connectivity index (χ2n) is 4.76. The Labute approximate surface area is 96.3 Å². The third-order valence-corrected chi connectivity index (χ3v) is 3.25. The number of aromatic hydroxyl groups is 1. The zero-order valence-corrected chi connectivity index (χ0v) is 9.85. The number of phenolic OH excluding ortho intramolecular Hbond substituents is 1. The molecule has 2 rings (SSSR count). The van der Waals surface area contributed by atoms with E-state index < -0.39 is 6.10 Å². The van der Waals surface area contributed by atoms with Gasteiger partial charge in [-0.05, 0) is 25.3 Å². The molecule has 2 atom stereocenters. The minimum Gasteiger partial charge on any atom is -0.507 e. The number of hydrogen-bond acceptors (Lipinski definition) is 3. The molecular weight excluding hydrogens is 202 g/mol. The Bertz CT molecular complexity index is 376. The van der Waals surface area contributed by atoms with Crippen molar-refractivity contribution >= 4 is 5.69 Å². The lowest BCUT2D eigenvalue weighted by atomic mass is 10.1. The van der Waals surface area contributed by atoms with Gasteiger partial charge in [-0.1, -0.05) is 13.0 Å². The number of anilines is 1. The predicted molar refractivity (Wildman–Crippen MR) is 64.7 cm³/mol. The van der Waals surface area contributed by atoms with Crippen molar-refractivity contribution in [1.82, 2.24) is 0 Å². The lowest BCUT2D eigenvalue weighted by Crippen LogP contribution is -2.18. The predicted octanol–water partition coefficient (Wildman–Crippen LogP) is 2.29. The van der Waals surface area contributed by atoms with Crippen molar-refractivity contribution in [3.8, 4) is 5.75 Å². The van der Waals surface area contributed by atoms with Gasteiger partial charge in [0.2, 0.25) is 0 Å². The van der Waals surface area contributed by atoms with E-state index in [1.54, 1.807) is 19.1 Å². The summed E-state index contributed by atoms with van der Waals surface area (Å²) in [4.78, 5) is 2.27. The molecule has 0 bridgehead atoms. The van der Waals surface area contributed by atoms with Gasteiger partial charge in [0.25, 0.3) is 0 Å². The van der Waals surface area contributed by atoms with Gasteiger partial charge in [0.05, 0.1) is 6.10 Å². The van der Waals surface area contributed by atoms with Gasteiger partial charge in [-0.2, -0.15) is 0 Å². The van der Waals surface area contributed by atoms with Crippen LogP contribution in [0.5, 0.6) is 5.75 Å². The third-order valence-electron chi connectivity index (χ3n) is 3.25. The summed E-state index contributed by atoms with van der Waals surface area (Å²) < 4.78 is 0. The first-order valence-corrected chi connectivity index (χ1v) is 5.84. The molecule has 0 spiro atoms. The van der Waals surface area contributed by atoms with E-state index in [2.05, 4.69) is 11.8 Å². The first-order valence-electron chi connectivity index (χ1n) is 5.84. The van der Waals surface area contributed by atoms with Crippen LogP contribution < -0.4 is 4.90 Å². The quantitative estimate of drug-likeness (QED) is 0.805. The van der Waals surface area contributed by atoms with Crippen LogP contribution in [0.4, 0.5) is 5.69 Å². The number of rotatable bonds is 2. The monoisotopic (exact) mass is 221 g/mol. The minimum absolute atomic E-state index is 0.187. The molecule has 3 nitrogen and oxygen atoms in total. The van der Waals surface area contributed by atoms with Crippen LogP contribution in [-0.2, 0) is 0 Å². The summed E-state index contributed by atoms with van der Waals surface area (Å²) in [5, 5.41) is 19.2. The summed E-state index contributed by atoms with van der Waals surface area (Å²) in [6.45, 7) is 6.00.